The van der Waals surface area contributed by atoms with Crippen LogP contribution in [0.4, 0.5) is 0 Å². The van der Waals surface area contributed by atoms with Gasteiger partial charge in [-0.15, -0.1) is 11.3 Å². The van der Waals surface area contributed by atoms with Crippen LogP contribution in [0, 0.1) is 11.8 Å². The quantitative estimate of drug-likeness (QED) is 0.192. The number of carbonyl (C=O) groups excluding carboxylic acids is 4. The van der Waals surface area contributed by atoms with Crippen LogP contribution in [0.15, 0.2) is 36.0 Å². The predicted octanol–water partition coefficient (Wildman–Crippen LogP) is 4.08. The van der Waals surface area contributed by atoms with Crippen LogP contribution >= 0.6 is 11.3 Å². The van der Waals surface area contributed by atoms with E-state index < -0.39 is 47.6 Å². The second kappa shape index (κ2) is 20.0. The zero-order valence-electron chi connectivity index (χ0n) is 30.5. The lowest BCUT2D eigenvalue weighted by molar-refractivity contribution is -0.159. The molecule has 0 saturated heterocycles. The summed E-state index contributed by atoms with van der Waals surface area (Å²) >= 11 is 1.37. The third-order valence-electron chi connectivity index (χ3n) is 10.1. The van der Waals surface area contributed by atoms with Crippen LogP contribution in [0.25, 0.3) is 0 Å². The van der Waals surface area contributed by atoms with Gasteiger partial charge in [-0.3, -0.25) is 19.4 Å². The molecule has 3 atom stereocenters. The van der Waals surface area contributed by atoms with Crippen LogP contribution < -0.4 is 5.32 Å². The topological polar surface area (TPSA) is 162 Å². The summed E-state index contributed by atoms with van der Waals surface area (Å²) in [5.41, 5.74) is -0.276. The van der Waals surface area contributed by atoms with Crippen molar-refractivity contribution in [2.24, 2.45) is 11.8 Å². The minimum absolute atomic E-state index is 0.0126. The molecule has 2 heterocycles. The number of hydrogen-bond acceptors (Lipinski definition) is 10. The lowest BCUT2D eigenvalue weighted by atomic mass is 9.83. The molecule has 51 heavy (non-hydrogen) atoms. The van der Waals surface area contributed by atoms with Crippen molar-refractivity contribution in [3.8, 4) is 0 Å². The molecule has 3 unspecified atom stereocenters. The van der Waals surface area contributed by atoms with Crippen LogP contribution in [0.5, 0.6) is 0 Å². The normalized spacial score (nSPS) is 18.0. The van der Waals surface area contributed by atoms with E-state index in [1.165, 1.54) is 16.2 Å². The number of rotatable bonds is 18. The summed E-state index contributed by atoms with van der Waals surface area (Å²) in [6, 6.07) is 4.73. The Morgan fingerprint density at radius 3 is 2.39 bits per heavy atom. The highest BCUT2D eigenvalue weighted by Crippen LogP contribution is 2.31. The minimum Gasteiger partial charge on any atom is -0.461 e. The third kappa shape index (κ3) is 13.3. The molecule has 0 aromatic carbocycles. The molecule has 0 spiro atoms. The van der Waals surface area contributed by atoms with Crippen molar-refractivity contribution in [3.05, 3.63) is 46.7 Å². The fourth-order valence-electron chi connectivity index (χ4n) is 7.17. The molecule has 2 saturated carbocycles. The van der Waals surface area contributed by atoms with Crippen molar-refractivity contribution in [1.82, 2.24) is 25.1 Å². The second-order valence-corrected chi connectivity index (χ2v) is 15.7. The molecule has 3 amide bonds. The Hall–Kier alpha value is -3.42. The Kier molecular flexibility index (Phi) is 15.8. The van der Waals surface area contributed by atoms with Gasteiger partial charge in [0.25, 0.3) is 0 Å². The number of hydrogen-bond donors (Lipinski definition) is 3. The number of esters is 1. The van der Waals surface area contributed by atoms with Gasteiger partial charge in [0.05, 0.1) is 35.2 Å². The summed E-state index contributed by atoms with van der Waals surface area (Å²) in [7, 11) is 1.68. The van der Waals surface area contributed by atoms with Gasteiger partial charge >= 0.3 is 5.97 Å². The highest BCUT2D eigenvalue weighted by Gasteiger charge is 2.38. The summed E-state index contributed by atoms with van der Waals surface area (Å²) in [6.07, 6.45) is 11.1. The van der Waals surface area contributed by atoms with E-state index in [1.807, 2.05) is 18.2 Å². The number of carbonyl (C=O) groups is 4. The van der Waals surface area contributed by atoms with Gasteiger partial charge in [0.15, 0.2) is 6.10 Å². The van der Waals surface area contributed by atoms with Gasteiger partial charge in [-0.05, 0) is 51.2 Å². The maximum absolute atomic E-state index is 14.2. The number of aliphatic hydroxyl groups excluding tert-OH is 1. The van der Waals surface area contributed by atoms with Gasteiger partial charge in [-0.25, -0.2) is 9.78 Å². The van der Waals surface area contributed by atoms with Gasteiger partial charge in [0.1, 0.15) is 0 Å². The first-order chi connectivity index (χ1) is 24.4. The first-order valence-corrected chi connectivity index (χ1v) is 19.5. The molecule has 4 rings (SSSR count). The fourth-order valence-corrected chi connectivity index (χ4v) is 7.87. The molecule has 2 aliphatic carbocycles. The largest absolute Gasteiger partial charge is 0.461 e. The lowest BCUT2D eigenvalue weighted by Crippen LogP contribution is -2.52. The minimum atomic E-state index is -1.56. The smallest absolute Gasteiger partial charge is 0.337 e. The Bertz CT molecular complexity index is 1380. The molecule has 0 bridgehead atoms. The van der Waals surface area contributed by atoms with Crippen molar-refractivity contribution in [1.29, 1.82) is 0 Å². The van der Waals surface area contributed by atoms with Gasteiger partial charge in [-0.2, -0.15) is 0 Å². The van der Waals surface area contributed by atoms with E-state index >= 15 is 0 Å². The molecule has 2 aliphatic rings. The number of aliphatic hydroxyl groups is 2. The van der Waals surface area contributed by atoms with E-state index in [9.17, 15) is 29.4 Å². The Morgan fingerprint density at radius 1 is 1.02 bits per heavy atom. The number of likely N-dealkylation sites (N-methyl/N-ethyl adjacent to an activating group) is 1. The number of ether oxygens (including phenoxy) is 1. The summed E-state index contributed by atoms with van der Waals surface area (Å²) in [4.78, 5) is 66.4. The lowest BCUT2D eigenvalue weighted by Gasteiger charge is -2.37. The summed E-state index contributed by atoms with van der Waals surface area (Å²) in [5, 5.41) is 28.1. The fraction of sp³-hybridized carbons (Fsp3) is 0.684. The van der Waals surface area contributed by atoms with Gasteiger partial charge in [0.2, 0.25) is 17.7 Å². The standard InChI is InChI=1S/C38H57N5O7S/c1-27(2)50-37(48)35(46)31(22-28-12-6-4-7-13-28)41-36(47)29(23-32-40-19-21-51-32)24-33(44)43(26-38(49)16-9-5-10-17-38)25-34(45)42(3)20-15-30-14-8-11-18-39-30/h8,11,14,18-19,21,27-29,31,35,46,49H,4-7,9-10,12-13,15-17,20,22-26H2,1-3H3,(H,41,47). The van der Waals surface area contributed by atoms with Crippen molar-refractivity contribution < 1.29 is 34.1 Å². The van der Waals surface area contributed by atoms with E-state index in [0.717, 1.165) is 57.1 Å². The molecule has 2 fully saturated rings. The molecule has 0 aliphatic heterocycles. The van der Waals surface area contributed by atoms with Crippen molar-refractivity contribution in [2.75, 3.05) is 26.7 Å². The maximum Gasteiger partial charge on any atom is 0.337 e. The molecule has 2 aromatic heterocycles. The molecule has 2 aromatic rings. The van der Waals surface area contributed by atoms with Gasteiger partial charge in [-0.1, -0.05) is 57.4 Å². The zero-order chi connectivity index (χ0) is 36.8. The summed E-state index contributed by atoms with van der Waals surface area (Å²) < 4.78 is 5.31. The molecule has 282 valence electrons. The predicted molar refractivity (Wildman–Crippen MR) is 194 cm³/mol. The number of pyridine rings is 1. The van der Waals surface area contributed by atoms with Crippen LogP contribution in [0.2, 0.25) is 0 Å². The SMILES string of the molecule is CC(C)OC(=O)C(O)C(CC1CCCCC1)NC(=O)C(CC(=O)N(CC(=O)N(C)CCc1ccccn1)CC1(O)CCCCC1)Cc1nccs1. The molecule has 0 radical (unpaired) electrons. The van der Waals surface area contributed by atoms with E-state index in [-0.39, 0.29) is 37.8 Å². The Labute approximate surface area is 306 Å². The van der Waals surface area contributed by atoms with E-state index in [2.05, 4.69) is 15.3 Å². The average molecular weight is 728 g/mol. The van der Waals surface area contributed by atoms with E-state index in [4.69, 9.17) is 4.74 Å². The van der Waals surface area contributed by atoms with Crippen molar-refractivity contribution in [2.45, 2.75) is 128 Å². The average Bonchev–Trinajstić information content (AvgIpc) is 3.63. The van der Waals surface area contributed by atoms with Crippen molar-refractivity contribution in [3.63, 3.8) is 0 Å². The Morgan fingerprint density at radius 2 is 1.75 bits per heavy atom. The number of nitrogens with zero attached hydrogens (tertiary/aromatic N) is 4. The summed E-state index contributed by atoms with van der Waals surface area (Å²) in [6.45, 7) is 3.55. The first kappa shape index (κ1) is 40.4. The number of amides is 3. The van der Waals surface area contributed by atoms with Crippen LogP contribution in [-0.2, 0) is 36.8 Å². The second-order valence-electron chi connectivity index (χ2n) is 14.7. The molecular formula is C38H57N5O7S. The third-order valence-corrected chi connectivity index (χ3v) is 10.9. The molecular weight excluding hydrogens is 671 g/mol. The highest BCUT2D eigenvalue weighted by atomic mass is 32.1. The van der Waals surface area contributed by atoms with Gasteiger partial charge < -0.3 is 30.1 Å². The first-order valence-electron chi connectivity index (χ1n) is 18.6. The van der Waals surface area contributed by atoms with Gasteiger partial charge in [0, 0.05) is 62.9 Å². The van der Waals surface area contributed by atoms with E-state index in [0.29, 0.717) is 37.2 Å². The molecule has 3 N–H and O–H groups in total. The van der Waals surface area contributed by atoms with Crippen LogP contribution in [0.3, 0.4) is 0 Å². The highest BCUT2D eigenvalue weighted by molar-refractivity contribution is 7.09. The van der Waals surface area contributed by atoms with E-state index in [1.54, 1.807) is 43.6 Å². The maximum atomic E-state index is 14.2. The van der Waals surface area contributed by atoms with Crippen LogP contribution in [0.1, 0.15) is 102 Å². The monoisotopic (exact) mass is 727 g/mol. The Balaban J connectivity index is 1.52. The van der Waals surface area contributed by atoms with Crippen molar-refractivity contribution >= 4 is 35.0 Å². The molecule has 13 heteroatoms. The molecule has 12 nitrogen and oxygen atoms in total. The number of thiazole rings is 1. The number of aromatic nitrogens is 2. The summed E-state index contributed by atoms with van der Waals surface area (Å²) in [5.74, 6) is -2.65. The zero-order valence-corrected chi connectivity index (χ0v) is 31.3. The number of nitrogens with one attached hydrogen (secondary N) is 1. The van der Waals surface area contributed by atoms with Crippen LogP contribution in [-0.4, -0.2) is 104 Å².